The van der Waals surface area contributed by atoms with Gasteiger partial charge in [0.15, 0.2) is 0 Å². The summed E-state index contributed by atoms with van der Waals surface area (Å²) < 4.78 is 12.8. The molecule has 31 heavy (non-hydrogen) atoms. The fourth-order valence-corrected chi connectivity index (χ4v) is 3.62. The lowest BCUT2D eigenvalue weighted by Crippen LogP contribution is -2.18. The molecule has 0 atom stereocenters. The number of hydrazone groups is 1. The largest absolute Gasteiger partial charge is 0.496 e. The van der Waals surface area contributed by atoms with Crippen LogP contribution in [-0.2, 0) is 4.74 Å². The predicted molar refractivity (Wildman–Crippen MR) is 122 cm³/mol. The topological polar surface area (TPSA) is 81.9 Å². The molecule has 1 N–H and O–H groups in total. The molecule has 0 bridgehead atoms. The third-order valence-electron chi connectivity index (χ3n) is 4.79. The van der Waals surface area contributed by atoms with Gasteiger partial charge in [-0.15, -0.1) is 0 Å². The summed E-state index contributed by atoms with van der Waals surface area (Å²) in [4.78, 5) is 24.1. The molecule has 0 unspecified atom stereocenters. The molecule has 3 aromatic rings. The molecule has 0 aliphatic rings. The van der Waals surface area contributed by atoms with Crippen LogP contribution in [0.3, 0.4) is 0 Å². The summed E-state index contributed by atoms with van der Waals surface area (Å²) in [7, 11) is 2.86. The molecule has 0 saturated heterocycles. The van der Waals surface area contributed by atoms with Crippen LogP contribution >= 0.6 is 15.9 Å². The molecule has 0 aliphatic carbocycles. The molecule has 7 nitrogen and oxygen atoms in total. The minimum absolute atomic E-state index is 0.374. The third kappa shape index (κ3) is 4.86. The Balaban J connectivity index is 1.79. The van der Waals surface area contributed by atoms with Gasteiger partial charge in [0, 0.05) is 27.1 Å². The molecular formula is C23H22BrN3O4. The van der Waals surface area contributed by atoms with E-state index in [1.54, 1.807) is 36.5 Å². The molecule has 0 radical (unpaired) electrons. The Labute approximate surface area is 188 Å². The van der Waals surface area contributed by atoms with Crippen molar-refractivity contribution in [1.82, 2.24) is 9.99 Å². The van der Waals surface area contributed by atoms with E-state index in [2.05, 4.69) is 26.5 Å². The fourth-order valence-electron chi connectivity index (χ4n) is 3.26. The Morgan fingerprint density at radius 2 is 1.77 bits per heavy atom. The number of nitrogens with one attached hydrogen (secondary N) is 1. The molecule has 160 valence electrons. The number of amides is 1. The zero-order chi connectivity index (χ0) is 22.5. The second-order valence-corrected chi connectivity index (χ2v) is 7.66. The average molecular weight is 484 g/mol. The second kappa shape index (κ2) is 9.61. The van der Waals surface area contributed by atoms with Gasteiger partial charge < -0.3 is 14.0 Å². The number of hydrogen-bond acceptors (Lipinski definition) is 5. The Morgan fingerprint density at radius 3 is 2.42 bits per heavy atom. The van der Waals surface area contributed by atoms with E-state index in [1.807, 2.05) is 36.6 Å². The number of hydrogen-bond donors (Lipinski definition) is 1. The van der Waals surface area contributed by atoms with Crippen LogP contribution in [0.5, 0.6) is 5.75 Å². The highest BCUT2D eigenvalue weighted by Gasteiger charge is 2.13. The van der Waals surface area contributed by atoms with Crippen molar-refractivity contribution in [3.05, 3.63) is 81.1 Å². The average Bonchev–Trinajstić information content (AvgIpc) is 3.06. The number of nitrogens with zero attached hydrogens (tertiary/aromatic N) is 2. The SMILES string of the molecule is COC(=O)c1ccc(-n2c(C)cc(/C=N\NC(=O)c3cc(Br)ccc3OC)c2C)cc1. The molecule has 3 rings (SSSR count). The number of aryl methyl sites for hydroxylation is 1. The molecule has 2 aromatic carbocycles. The molecular weight excluding hydrogens is 462 g/mol. The molecule has 1 amide bonds. The van der Waals surface area contributed by atoms with E-state index in [0.29, 0.717) is 16.9 Å². The highest BCUT2D eigenvalue weighted by atomic mass is 79.9. The van der Waals surface area contributed by atoms with Crippen molar-refractivity contribution in [3.63, 3.8) is 0 Å². The maximum absolute atomic E-state index is 12.5. The Kier molecular flexibility index (Phi) is 6.91. The van der Waals surface area contributed by atoms with Crippen LogP contribution in [0.1, 0.15) is 37.7 Å². The number of carbonyl (C=O) groups excluding carboxylic acids is 2. The number of rotatable bonds is 6. The lowest BCUT2D eigenvalue weighted by Gasteiger charge is -2.10. The maximum atomic E-state index is 12.5. The summed E-state index contributed by atoms with van der Waals surface area (Å²) in [5, 5.41) is 4.11. The first kappa shape index (κ1) is 22.3. The Morgan fingerprint density at radius 1 is 1.06 bits per heavy atom. The van der Waals surface area contributed by atoms with Crippen LogP contribution in [0, 0.1) is 13.8 Å². The summed E-state index contributed by atoms with van der Waals surface area (Å²) in [5.41, 5.74) is 7.11. The van der Waals surface area contributed by atoms with Crippen molar-refractivity contribution < 1.29 is 19.1 Å². The van der Waals surface area contributed by atoms with Crippen LogP contribution in [0.15, 0.2) is 58.1 Å². The number of aromatic nitrogens is 1. The zero-order valence-corrected chi connectivity index (χ0v) is 19.2. The first-order valence-electron chi connectivity index (χ1n) is 9.40. The van der Waals surface area contributed by atoms with E-state index in [1.165, 1.54) is 14.2 Å². The van der Waals surface area contributed by atoms with Crippen molar-refractivity contribution in [1.29, 1.82) is 0 Å². The highest BCUT2D eigenvalue weighted by Crippen LogP contribution is 2.23. The van der Waals surface area contributed by atoms with Gasteiger partial charge in [-0.25, -0.2) is 10.2 Å². The van der Waals surface area contributed by atoms with Crippen LogP contribution in [0.25, 0.3) is 5.69 Å². The van der Waals surface area contributed by atoms with Gasteiger partial charge in [-0.2, -0.15) is 5.10 Å². The summed E-state index contributed by atoms with van der Waals surface area (Å²) in [5.74, 6) is -0.288. The van der Waals surface area contributed by atoms with E-state index in [4.69, 9.17) is 9.47 Å². The third-order valence-corrected chi connectivity index (χ3v) is 5.29. The van der Waals surface area contributed by atoms with E-state index in [0.717, 1.165) is 27.1 Å². The highest BCUT2D eigenvalue weighted by molar-refractivity contribution is 9.10. The summed E-state index contributed by atoms with van der Waals surface area (Å²) >= 11 is 3.36. The predicted octanol–water partition coefficient (Wildman–Crippen LogP) is 4.42. The van der Waals surface area contributed by atoms with Crippen molar-refractivity contribution in [2.45, 2.75) is 13.8 Å². The molecule has 0 aliphatic heterocycles. The van der Waals surface area contributed by atoms with Crippen LogP contribution < -0.4 is 10.2 Å². The number of carbonyl (C=O) groups is 2. The molecule has 0 spiro atoms. The minimum atomic E-state index is -0.377. The Bertz CT molecular complexity index is 1150. The van der Waals surface area contributed by atoms with Gasteiger partial charge in [0.25, 0.3) is 5.91 Å². The number of methoxy groups -OCH3 is 2. The van der Waals surface area contributed by atoms with E-state index in [-0.39, 0.29) is 11.9 Å². The minimum Gasteiger partial charge on any atom is -0.496 e. The standard InChI is InChI=1S/C23H22BrN3O4/c1-14-11-17(13-25-26-22(28)20-12-18(24)7-10-21(20)30-3)15(2)27(14)19-8-5-16(6-9-19)23(29)31-4/h5-13H,1-4H3,(H,26,28)/b25-13-. The molecule has 0 saturated carbocycles. The van der Waals surface area contributed by atoms with Gasteiger partial charge in [0.05, 0.1) is 31.6 Å². The maximum Gasteiger partial charge on any atom is 0.337 e. The Hall–Kier alpha value is -3.39. The molecule has 8 heteroatoms. The normalized spacial score (nSPS) is 10.9. The number of halogens is 1. The van der Waals surface area contributed by atoms with Gasteiger partial charge in [0.2, 0.25) is 0 Å². The molecule has 1 aromatic heterocycles. The van der Waals surface area contributed by atoms with Crippen molar-refractivity contribution in [2.75, 3.05) is 14.2 Å². The first-order chi connectivity index (χ1) is 14.8. The molecule has 1 heterocycles. The van der Waals surface area contributed by atoms with Crippen molar-refractivity contribution in [3.8, 4) is 11.4 Å². The molecule has 0 fully saturated rings. The van der Waals surface area contributed by atoms with E-state index in [9.17, 15) is 9.59 Å². The van der Waals surface area contributed by atoms with E-state index < -0.39 is 0 Å². The fraction of sp³-hybridized carbons (Fsp3) is 0.174. The first-order valence-corrected chi connectivity index (χ1v) is 10.2. The van der Waals surface area contributed by atoms with Gasteiger partial charge >= 0.3 is 5.97 Å². The van der Waals surface area contributed by atoms with Gasteiger partial charge in [-0.3, -0.25) is 4.79 Å². The van der Waals surface area contributed by atoms with Crippen molar-refractivity contribution >= 4 is 34.0 Å². The quantitative estimate of drug-likeness (QED) is 0.319. The van der Waals surface area contributed by atoms with Crippen LogP contribution in [0.4, 0.5) is 0 Å². The smallest absolute Gasteiger partial charge is 0.337 e. The van der Waals surface area contributed by atoms with Crippen LogP contribution in [0.2, 0.25) is 0 Å². The van der Waals surface area contributed by atoms with Crippen LogP contribution in [-0.4, -0.2) is 36.9 Å². The van der Waals surface area contributed by atoms with Gasteiger partial charge in [0.1, 0.15) is 5.75 Å². The van der Waals surface area contributed by atoms with Crippen molar-refractivity contribution in [2.24, 2.45) is 5.10 Å². The summed E-state index contributed by atoms with van der Waals surface area (Å²) in [6.45, 7) is 3.94. The summed E-state index contributed by atoms with van der Waals surface area (Å²) in [6, 6.07) is 14.3. The van der Waals surface area contributed by atoms with Gasteiger partial charge in [-0.1, -0.05) is 15.9 Å². The lowest BCUT2D eigenvalue weighted by atomic mass is 10.2. The second-order valence-electron chi connectivity index (χ2n) is 6.74. The monoisotopic (exact) mass is 483 g/mol. The number of esters is 1. The van der Waals surface area contributed by atoms with Gasteiger partial charge in [-0.05, 0) is 62.4 Å². The zero-order valence-electron chi connectivity index (χ0n) is 17.6. The number of ether oxygens (including phenoxy) is 2. The van der Waals surface area contributed by atoms with E-state index >= 15 is 0 Å². The number of benzene rings is 2. The summed E-state index contributed by atoms with van der Waals surface area (Å²) in [6.07, 6.45) is 1.60. The lowest BCUT2D eigenvalue weighted by molar-refractivity contribution is 0.0600.